The molecule has 0 spiro atoms. The van der Waals surface area contributed by atoms with Gasteiger partial charge in [-0.25, -0.2) is 14.4 Å². The number of halogens is 1. The van der Waals surface area contributed by atoms with Crippen LogP contribution in [0.2, 0.25) is 0 Å². The van der Waals surface area contributed by atoms with Crippen molar-refractivity contribution in [2.24, 2.45) is 0 Å². The average Bonchev–Trinajstić information content (AvgIpc) is 3.41. The van der Waals surface area contributed by atoms with Gasteiger partial charge in [0.15, 0.2) is 10.8 Å². The van der Waals surface area contributed by atoms with Gasteiger partial charge in [-0.05, 0) is 42.5 Å². The maximum Gasteiger partial charge on any atom is 0.254 e. The van der Waals surface area contributed by atoms with Gasteiger partial charge in [0.2, 0.25) is 0 Å². The highest BCUT2D eigenvalue weighted by Gasteiger charge is 2.19. The molecule has 2 aromatic heterocycles. The van der Waals surface area contributed by atoms with E-state index in [1.165, 1.54) is 23.5 Å². The summed E-state index contributed by atoms with van der Waals surface area (Å²) in [6, 6.07) is 11.7. The van der Waals surface area contributed by atoms with Crippen molar-refractivity contribution in [2.45, 2.75) is 0 Å². The average molecular weight is 408 g/mol. The Morgan fingerprint density at radius 3 is 2.69 bits per heavy atom. The van der Waals surface area contributed by atoms with Crippen LogP contribution >= 0.6 is 11.3 Å². The van der Waals surface area contributed by atoms with E-state index in [4.69, 9.17) is 4.74 Å². The second kappa shape index (κ2) is 7.38. The SMILES string of the molecule is O=C(c1ccc2nc(-c3nc(-c4ccc(F)cc4)cs3)[nH]c2c1)N1CCOCC1. The second-order valence-electron chi connectivity index (χ2n) is 6.77. The summed E-state index contributed by atoms with van der Waals surface area (Å²) in [7, 11) is 0. The number of H-pyrrole nitrogens is 1. The lowest BCUT2D eigenvalue weighted by Gasteiger charge is -2.26. The van der Waals surface area contributed by atoms with Crippen molar-refractivity contribution in [3.8, 4) is 22.1 Å². The number of hydrogen-bond donors (Lipinski definition) is 1. The fourth-order valence-electron chi connectivity index (χ4n) is 3.33. The maximum absolute atomic E-state index is 13.1. The number of imidazole rings is 1. The number of ether oxygens (including phenoxy) is 1. The Bertz CT molecular complexity index is 1180. The van der Waals surface area contributed by atoms with E-state index in [9.17, 15) is 9.18 Å². The van der Waals surface area contributed by atoms with E-state index in [0.717, 1.165) is 27.3 Å². The Kier molecular flexibility index (Phi) is 4.57. The fourth-order valence-corrected chi connectivity index (χ4v) is 4.10. The van der Waals surface area contributed by atoms with Gasteiger partial charge in [0.1, 0.15) is 5.82 Å². The van der Waals surface area contributed by atoms with E-state index < -0.39 is 0 Å². The molecule has 146 valence electrons. The molecule has 0 saturated carbocycles. The maximum atomic E-state index is 13.1. The Hall–Kier alpha value is -3.10. The van der Waals surface area contributed by atoms with Crippen LogP contribution in [0.5, 0.6) is 0 Å². The zero-order chi connectivity index (χ0) is 19.8. The number of aromatic nitrogens is 3. The third kappa shape index (κ3) is 3.52. The molecule has 0 atom stereocenters. The van der Waals surface area contributed by atoms with Gasteiger partial charge in [0, 0.05) is 29.6 Å². The Balaban J connectivity index is 1.43. The highest BCUT2D eigenvalue weighted by Crippen LogP contribution is 2.29. The molecule has 0 aliphatic carbocycles. The predicted molar refractivity (Wildman–Crippen MR) is 109 cm³/mol. The van der Waals surface area contributed by atoms with Crippen LogP contribution in [0.15, 0.2) is 47.8 Å². The number of carbonyl (C=O) groups excluding carboxylic acids is 1. The molecule has 1 saturated heterocycles. The number of nitrogens with zero attached hydrogens (tertiary/aromatic N) is 3. The van der Waals surface area contributed by atoms with Crippen molar-refractivity contribution in [1.82, 2.24) is 19.9 Å². The summed E-state index contributed by atoms with van der Waals surface area (Å²) < 4.78 is 18.4. The van der Waals surface area contributed by atoms with E-state index in [0.29, 0.717) is 37.7 Å². The monoisotopic (exact) mass is 408 g/mol. The van der Waals surface area contributed by atoms with Crippen molar-refractivity contribution in [3.05, 3.63) is 59.2 Å². The summed E-state index contributed by atoms with van der Waals surface area (Å²) in [4.78, 5) is 27.0. The highest BCUT2D eigenvalue weighted by molar-refractivity contribution is 7.13. The van der Waals surface area contributed by atoms with Crippen LogP contribution in [-0.2, 0) is 4.74 Å². The summed E-state index contributed by atoms with van der Waals surface area (Å²) in [6.45, 7) is 2.36. The van der Waals surface area contributed by atoms with Gasteiger partial charge in [-0.15, -0.1) is 11.3 Å². The summed E-state index contributed by atoms with van der Waals surface area (Å²) >= 11 is 1.46. The molecular formula is C21H17FN4O2S. The van der Waals surface area contributed by atoms with Crippen molar-refractivity contribution in [1.29, 1.82) is 0 Å². The van der Waals surface area contributed by atoms with Gasteiger partial charge in [0.05, 0.1) is 29.9 Å². The lowest BCUT2D eigenvalue weighted by atomic mass is 10.1. The molecule has 1 amide bonds. The van der Waals surface area contributed by atoms with E-state index in [-0.39, 0.29) is 11.7 Å². The molecule has 5 rings (SSSR count). The van der Waals surface area contributed by atoms with Crippen LogP contribution in [0, 0.1) is 5.82 Å². The molecule has 6 nitrogen and oxygen atoms in total. The number of carbonyl (C=O) groups is 1. The zero-order valence-corrected chi connectivity index (χ0v) is 16.2. The summed E-state index contributed by atoms with van der Waals surface area (Å²) in [5.74, 6) is 0.373. The van der Waals surface area contributed by atoms with Crippen molar-refractivity contribution < 1.29 is 13.9 Å². The number of rotatable bonds is 3. The number of hydrogen-bond acceptors (Lipinski definition) is 5. The summed E-state index contributed by atoms with van der Waals surface area (Å²) in [6.07, 6.45) is 0. The quantitative estimate of drug-likeness (QED) is 0.557. The molecule has 3 heterocycles. The number of fused-ring (bicyclic) bond motifs is 1. The van der Waals surface area contributed by atoms with E-state index in [1.54, 1.807) is 23.1 Å². The molecule has 1 N–H and O–H groups in total. The van der Waals surface area contributed by atoms with Crippen LogP contribution in [0.3, 0.4) is 0 Å². The van der Waals surface area contributed by atoms with Gasteiger partial charge in [-0.1, -0.05) is 0 Å². The first kappa shape index (κ1) is 18.0. The molecule has 1 fully saturated rings. The first-order valence-electron chi connectivity index (χ1n) is 9.26. The summed E-state index contributed by atoms with van der Waals surface area (Å²) in [5, 5.41) is 2.66. The van der Waals surface area contributed by atoms with Crippen LogP contribution in [-0.4, -0.2) is 52.1 Å². The largest absolute Gasteiger partial charge is 0.378 e. The molecule has 0 bridgehead atoms. The summed E-state index contributed by atoms with van der Waals surface area (Å²) in [5.41, 5.74) is 3.81. The number of aromatic amines is 1. The van der Waals surface area contributed by atoms with Gasteiger partial charge in [0.25, 0.3) is 5.91 Å². The molecule has 1 aliphatic rings. The van der Waals surface area contributed by atoms with E-state index >= 15 is 0 Å². The van der Waals surface area contributed by atoms with Gasteiger partial charge in [-0.3, -0.25) is 4.79 Å². The molecule has 1 aliphatic heterocycles. The molecular weight excluding hydrogens is 391 g/mol. The topological polar surface area (TPSA) is 71.1 Å². The lowest BCUT2D eigenvalue weighted by molar-refractivity contribution is 0.0303. The third-order valence-electron chi connectivity index (χ3n) is 4.87. The standard InChI is InChI=1S/C21H17FN4O2S/c22-15-4-1-13(2-5-15)18-12-29-20(25-18)19-23-16-6-3-14(11-17(16)24-19)21(27)26-7-9-28-10-8-26/h1-6,11-12H,7-10H2,(H,23,24). The second-order valence-corrected chi connectivity index (χ2v) is 7.62. The Morgan fingerprint density at radius 1 is 1.10 bits per heavy atom. The highest BCUT2D eigenvalue weighted by atomic mass is 32.1. The molecule has 4 aromatic rings. The van der Waals surface area contributed by atoms with E-state index in [1.807, 2.05) is 17.5 Å². The van der Waals surface area contributed by atoms with Crippen LogP contribution in [0.25, 0.3) is 33.1 Å². The molecule has 2 aromatic carbocycles. The number of amides is 1. The minimum Gasteiger partial charge on any atom is -0.378 e. The van der Waals surface area contributed by atoms with Crippen LogP contribution in [0.4, 0.5) is 4.39 Å². The van der Waals surface area contributed by atoms with Crippen LogP contribution < -0.4 is 0 Å². The van der Waals surface area contributed by atoms with Gasteiger partial charge < -0.3 is 14.6 Å². The van der Waals surface area contributed by atoms with Crippen LogP contribution in [0.1, 0.15) is 10.4 Å². The smallest absolute Gasteiger partial charge is 0.254 e. The van der Waals surface area contributed by atoms with Gasteiger partial charge >= 0.3 is 0 Å². The number of thiazole rings is 1. The molecule has 8 heteroatoms. The molecule has 0 unspecified atom stereocenters. The Labute approximate surface area is 170 Å². The molecule has 29 heavy (non-hydrogen) atoms. The van der Waals surface area contributed by atoms with Crippen molar-refractivity contribution >= 4 is 28.3 Å². The number of morpholine rings is 1. The predicted octanol–water partition coefficient (Wildman–Crippen LogP) is 3.96. The van der Waals surface area contributed by atoms with Crippen molar-refractivity contribution in [2.75, 3.05) is 26.3 Å². The first-order valence-corrected chi connectivity index (χ1v) is 10.1. The molecule has 0 radical (unpaired) electrons. The van der Waals surface area contributed by atoms with E-state index in [2.05, 4.69) is 15.0 Å². The van der Waals surface area contributed by atoms with Gasteiger partial charge in [-0.2, -0.15) is 0 Å². The number of benzene rings is 2. The minimum atomic E-state index is -0.274. The fraction of sp³-hybridized carbons (Fsp3) is 0.190. The third-order valence-corrected chi connectivity index (χ3v) is 5.72. The number of nitrogens with one attached hydrogen (secondary N) is 1. The first-order chi connectivity index (χ1) is 14.2. The minimum absolute atomic E-state index is 0.000746. The Morgan fingerprint density at radius 2 is 1.90 bits per heavy atom. The normalized spacial score (nSPS) is 14.4. The van der Waals surface area contributed by atoms with Crippen molar-refractivity contribution in [3.63, 3.8) is 0 Å². The lowest BCUT2D eigenvalue weighted by Crippen LogP contribution is -2.40. The zero-order valence-electron chi connectivity index (χ0n) is 15.4.